The van der Waals surface area contributed by atoms with Gasteiger partial charge in [-0.15, -0.1) is 22.7 Å². The van der Waals surface area contributed by atoms with Gasteiger partial charge in [0.05, 0.1) is 88.4 Å². The normalized spacial score (nSPS) is 12.2. The van der Waals surface area contributed by atoms with Crippen molar-refractivity contribution in [1.29, 1.82) is 5.26 Å². The zero-order valence-electron chi connectivity index (χ0n) is 42.1. The Morgan fingerprint density at radius 2 is 0.731 bits per heavy atom. The SMILES string of the molecule is [C-]#[N+]c1c(-n2c3ccccc3c3ccccc32)c(-n2c3ccc(C)cc3c3ccc4c5ccccc5sc4c32)c(-n2c3ccccc3c3ccccc32)c(C#N)c1-n1c2ccc(C)cc2c2ccc3c4ccccc4sc3c21. The summed E-state index contributed by atoms with van der Waals surface area (Å²) < 4.78 is 14.1. The molecule has 0 aliphatic heterocycles. The Morgan fingerprint density at radius 1 is 0.359 bits per heavy atom. The van der Waals surface area contributed by atoms with Gasteiger partial charge in [0.2, 0.25) is 5.69 Å². The Hall–Kier alpha value is -9.96. The average Bonchev–Trinajstić information content (AvgIpc) is 4.47. The molecule has 17 aromatic rings. The van der Waals surface area contributed by atoms with Crippen LogP contribution in [-0.4, -0.2) is 18.3 Å². The Kier molecular flexibility index (Phi) is 8.77. The van der Waals surface area contributed by atoms with E-state index in [2.05, 4.69) is 244 Å². The smallest absolute Gasteiger partial charge is 0.237 e. The lowest BCUT2D eigenvalue weighted by Gasteiger charge is -2.27. The molecule has 0 aliphatic carbocycles. The predicted molar refractivity (Wildman–Crippen MR) is 330 cm³/mol. The second-order valence-electron chi connectivity index (χ2n) is 20.7. The predicted octanol–water partition coefficient (Wildman–Crippen LogP) is 19.9. The molecule has 0 radical (unpaired) electrons. The van der Waals surface area contributed by atoms with E-state index in [0.717, 1.165) is 124 Å². The zero-order valence-corrected chi connectivity index (χ0v) is 43.8. The third-order valence-electron chi connectivity index (χ3n) is 16.5. The lowest BCUT2D eigenvalue weighted by Crippen LogP contribution is -2.14. The first-order valence-electron chi connectivity index (χ1n) is 26.2. The van der Waals surface area contributed by atoms with E-state index < -0.39 is 0 Å². The molecule has 0 saturated heterocycles. The van der Waals surface area contributed by atoms with Crippen LogP contribution in [0, 0.1) is 31.8 Å². The fourth-order valence-corrected chi connectivity index (χ4v) is 15.8. The molecule has 0 saturated carbocycles. The number of aryl methyl sites for hydroxylation is 2. The highest BCUT2D eigenvalue weighted by Crippen LogP contribution is 2.54. The minimum Gasteiger partial charge on any atom is -0.317 e. The van der Waals surface area contributed by atoms with Gasteiger partial charge in [0.1, 0.15) is 6.07 Å². The molecule has 6 nitrogen and oxygen atoms in total. The standard InChI is InChI=1S/C70H40N6S2/c1-39-28-34-58-51(36-39)47-30-32-49-45-20-8-14-26-60(45)77-69(49)65(47)75(58)63-53(38-71)64(73-54-22-10-4-16-41(54)42-17-5-11-23-55(42)73)68(67(62(63)72-3)74-56-24-12-6-18-43(56)44-19-7-13-25-57(44)74)76-59-35-29-40(2)37-52(59)48-31-33-50-46-21-9-15-27-61(46)78-70(50)66(48)76/h4-37H,1-2H3. The maximum Gasteiger partial charge on any atom is 0.237 e. The van der Waals surface area contributed by atoms with Crippen molar-refractivity contribution in [3.63, 3.8) is 0 Å². The number of nitrogens with zero attached hydrogens (tertiary/aromatic N) is 6. The van der Waals surface area contributed by atoms with Gasteiger partial charge in [0.25, 0.3) is 0 Å². The van der Waals surface area contributed by atoms with Crippen molar-refractivity contribution >= 4 is 156 Å². The van der Waals surface area contributed by atoms with Crippen molar-refractivity contribution in [3.8, 4) is 28.8 Å². The Labute approximate surface area is 453 Å². The summed E-state index contributed by atoms with van der Waals surface area (Å²) in [5.74, 6) is 0. The molecule has 6 aromatic heterocycles. The molecular weight excluding hydrogens is 989 g/mol. The summed E-state index contributed by atoms with van der Waals surface area (Å²) in [7, 11) is 0. The zero-order chi connectivity index (χ0) is 51.7. The summed E-state index contributed by atoms with van der Waals surface area (Å²) in [6.45, 7) is 14.3. The van der Waals surface area contributed by atoms with Gasteiger partial charge < -0.3 is 18.3 Å². The van der Waals surface area contributed by atoms with E-state index in [-0.39, 0.29) is 0 Å². The first-order chi connectivity index (χ1) is 38.5. The largest absolute Gasteiger partial charge is 0.317 e. The second-order valence-corrected chi connectivity index (χ2v) is 22.8. The van der Waals surface area contributed by atoms with E-state index >= 15 is 0 Å². The summed E-state index contributed by atoms with van der Waals surface area (Å²) in [6, 6.07) is 77.1. The van der Waals surface area contributed by atoms with Crippen LogP contribution in [0.3, 0.4) is 0 Å². The highest BCUT2D eigenvalue weighted by Gasteiger charge is 2.35. The van der Waals surface area contributed by atoms with Gasteiger partial charge in [0.15, 0.2) is 0 Å². The molecule has 0 amide bonds. The lowest BCUT2D eigenvalue weighted by molar-refractivity contribution is 1.04. The van der Waals surface area contributed by atoms with Gasteiger partial charge in [-0.05, 0) is 74.5 Å². The van der Waals surface area contributed by atoms with E-state index in [9.17, 15) is 11.8 Å². The molecule has 78 heavy (non-hydrogen) atoms. The number of nitriles is 1. The third-order valence-corrected chi connectivity index (χ3v) is 18.9. The van der Waals surface area contributed by atoms with Gasteiger partial charge in [-0.2, -0.15) is 5.26 Å². The summed E-state index contributed by atoms with van der Waals surface area (Å²) in [4.78, 5) is 4.89. The van der Waals surface area contributed by atoms with E-state index in [4.69, 9.17) is 4.85 Å². The van der Waals surface area contributed by atoms with Crippen molar-refractivity contribution in [3.05, 3.63) is 234 Å². The van der Waals surface area contributed by atoms with Crippen molar-refractivity contribution in [1.82, 2.24) is 18.3 Å². The van der Waals surface area contributed by atoms with Crippen molar-refractivity contribution in [2.24, 2.45) is 0 Å². The summed E-state index contributed by atoms with van der Waals surface area (Å²) in [6.07, 6.45) is 0. The Bertz CT molecular complexity index is 5380. The second kappa shape index (κ2) is 15.8. The molecule has 6 heterocycles. The number of para-hydroxylation sites is 4. The number of rotatable bonds is 4. The van der Waals surface area contributed by atoms with Crippen LogP contribution in [0.1, 0.15) is 16.7 Å². The number of benzene rings is 11. The fraction of sp³-hybridized carbons (Fsp3) is 0.0286. The number of thiophene rings is 2. The van der Waals surface area contributed by atoms with Crippen LogP contribution in [0.15, 0.2) is 206 Å². The first kappa shape index (κ1) is 43.3. The summed E-state index contributed by atoms with van der Waals surface area (Å²) in [5, 5.41) is 26.1. The van der Waals surface area contributed by atoms with Crippen molar-refractivity contribution < 1.29 is 0 Å². The first-order valence-corrected chi connectivity index (χ1v) is 27.8. The molecule has 17 rings (SSSR count). The maximum atomic E-state index is 12.8. The van der Waals surface area contributed by atoms with Crippen LogP contribution in [0.2, 0.25) is 0 Å². The molecule has 0 N–H and O–H groups in total. The number of aromatic nitrogens is 4. The third kappa shape index (κ3) is 5.57. The molecule has 0 unspecified atom stereocenters. The molecule has 11 aromatic carbocycles. The Morgan fingerprint density at radius 3 is 1.17 bits per heavy atom. The molecule has 0 atom stereocenters. The van der Waals surface area contributed by atoms with Gasteiger partial charge in [-0.25, -0.2) is 4.85 Å². The van der Waals surface area contributed by atoms with Gasteiger partial charge >= 0.3 is 0 Å². The van der Waals surface area contributed by atoms with E-state index in [1.807, 2.05) is 0 Å². The average molecular weight is 1030 g/mol. The van der Waals surface area contributed by atoms with Gasteiger partial charge in [-0.3, -0.25) is 0 Å². The van der Waals surface area contributed by atoms with Crippen LogP contribution < -0.4 is 0 Å². The summed E-state index contributed by atoms with van der Waals surface area (Å²) in [5.41, 5.74) is 13.5. The molecule has 0 fully saturated rings. The maximum absolute atomic E-state index is 12.8. The molecule has 8 heteroatoms. The van der Waals surface area contributed by atoms with Gasteiger partial charge in [-0.1, -0.05) is 157 Å². The van der Waals surface area contributed by atoms with Crippen molar-refractivity contribution in [2.75, 3.05) is 0 Å². The van der Waals surface area contributed by atoms with Crippen LogP contribution >= 0.6 is 22.7 Å². The van der Waals surface area contributed by atoms with E-state index in [0.29, 0.717) is 28.3 Å². The summed E-state index contributed by atoms with van der Waals surface area (Å²) >= 11 is 3.57. The highest BCUT2D eigenvalue weighted by atomic mass is 32.1. The number of hydrogen-bond acceptors (Lipinski definition) is 3. The number of fused-ring (bicyclic) bond motifs is 20. The lowest BCUT2D eigenvalue weighted by atomic mass is 10.0. The molecule has 362 valence electrons. The molecule has 0 bridgehead atoms. The molecule has 0 aliphatic rings. The molecule has 0 spiro atoms. The molecular formula is C70H40N6S2. The van der Waals surface area contributed by atoms with Crippen LogP contribution in [0.5, 0.6) is 0 Å². The van der Waals surface area contributed by atoms with E-state index in [1.165, 1.54) is 20.2 Å². The monoisotopic (exact) mass is 1030 g/mol. The van der Waals surface area contributed by atoms with Crippen LogP contribution in [-0.2, 0) is 0 Å². The van der Waals surface area contributed by atoms with Crippen LogP contribution in [0.25, 0.3) is 155 Å². The number of hydrogen-bond donors (Lipinski definition) is 0. The highest BCUT2D eigenvalue weighted by molar-refractivity contribution is 7.27. The fourth-order valence-electron chi connectivity index (χ4n) is 13.3. The van der Waals surface area contributed by atoms with Crippen molar-refractivity contribution in [2.45, 2.75) is 13.8 Å². The quantitative estimate of drug-likeness (QED) is 0.162. The van der Waals surface area contributed by atoms with Gasteiger partial charge in [0, 0.05) is 74.0 Å². The minimum absolute atomic E-state index is 0.376. The van der Waals surface area contributed by atoms with Crippen LogP contribution in [0.4, 0.5) is 5.69 Å². The Balaban J connectivity index is 1.22. The topological polar surface area (TPSA) is 47.9 Å². The minimum atomic E-state index is 0.376. The van der Waals surface area contributed by atoms with E-state index in [1.54, 1.807) is 22.7 Å².